The summed E-state index contributed by atoms with van der Waals surface area (Å²) in [5.41, 5.74) is 9.26. The van der Waals surface area contributed by atoms with Gasteiger partial charge in [0, 0.05) is 6.54 Å². The molecule has 0 amide bonds. The van der Waals surface area contributed by atoms with Crippen LogP contribution in [0.4, 0.5) is 0 Å². The van der Waals surface area contributed by atoms with Crippen molar-refractivity contribution in [1.82, 2.24) is 10.6 Å². The van der Waals surface area contributed by atoms with Crippen LogP contribution in [0, 0.1) is 5.41 Å². The van der Waals surface area contributed by atoms with E-state index in [2.05, 4.69) is 10.6 Å². The molecule has 0 rings (SSSR count). The minimum Gasteiger partial charge on any atom is -0.480 e. The van der Waals surface area contributed by atoms with Crippen molar-refractivity contribution in [2.45, 2.75) is 44.7 Å². The highest BCUT2D eigenvalue weighted by atomic mass is 16.4. The molecule has 0 aromatic rings. The van der Waals surface area contributed by atoms with Crippen molar-refractivity contribution in [2.24, 2.45) is 11.5 Å². The van der Waals surface area contributed by atoms with Gasteiger partial charge in [0.2, 0.25) is 0 Å². The molecule has 0 heterocycles. The Morgan fingerprint density at radius 3 is 2.14 bits per heavy atom. The first-order valence-corrected chi connectivity index (χ1v) is 6.58. The van der Waals surface area contributed by atoms with Crippen molar-refractivity contribution in [3.63, 3.8) is 0 Å². The number of hydrogen-bond donors (Lipinski definition) is 7. The molecule has 0 aromatic carbocycles. The third-order valence-electron chi connectivity index (χ3n) is 2.85. The zero-order valence-electron chi connectivity index (χ0n) is 12.8. The second kappa shape index (κ2) is 10.9. The molecule has 0 spiro atoms. The van der Waals surface area contributed by atoms with Crippen molar-refractivity contribution < 1.29 is 19.8 Å². The Kier molecular flexibility index (Phi) is 11.1. The van der Waals surface area contributed by atoms with Gasteiger partial charge in [-0.3, -0.25) is 15.0 Å². The van der Waals surface area contributed by atoms with Gasteiger partial charge in [0.15, 0.2) is 5.96 Å². The summed E-state index contributed by atoms with van der Waals surface area (Å²) in [4.78, 5) is 20.6. The largest absolute Gasteiger partial charge is 0.480 e. The molecule has 0 bridgehead atoms. The lowest BCUT2D eigenvalue weighted by Crippen LogP contribution is -2.43. The SMILES string of the molecule is CCC(C)(N)C(=O)O.CN[C@@H](CCCNC(=N)N)C(=O)O. The fourth-order valence-electron chi connectivity index (χ4n) is 1.07. The standard InChI is InChI=1S/C7H16N4O2.C5H11NO2/c1-10-5(6(12)13)3-2-4-11-7(8)9;1-3-5(2,6)4(7)8/h5,10H,2-4H2,1H3,(H,12,13)(H4,8,9,11);3,6H2,1-2H3,(H,7,8)/t5-;/m0./s1. The summed E-state index contributed by atoms with van der Waals surface area (Å²) in [6.07, 6.45) is 1.64. The van der Waals surface area contributed by atoms with Gasteiger partial charge in [0.25, 0.3) is 0 Å². The molecule has 0 radical (unpaired) electrons. The van der Waals surface area contributed by atoms with E-state index in [4.69, 9.17) is 27.1 Å². The molecule has 0 fully saturated rings. The molecule has 1 unspecified atom stereocenters. The Morgan fingerprint density at radius 1 is 1.38 bits per heavy atom. The van der Waals surface area contributed by atoms with Crippen molar-refractivity contribution in [2.75, 3.05) is 13.6 Å². The van der Waals surface area contributed by atoms with Crippen molar-refractivity contribution in [1.29, 1.82) is 5.41 Å². The number of rotatable bonds is 8. The Hall–Kier alpha value is -1.87. The number of carboxylic acids is 2. The molecule has 9 heteroatoms. The van der Waals surface area contributed by atoms with Gasteiger partial charge in [-0.15, -0.1) is 0 Å². The summed E-state index contributed by atoms with van der Waals surface area (Å²) in [6.45, 7) is 3.77. The molecule has 0 saturated heterocycles. The van der Waals surface area contributed by atoms with Gasteiger partial charge in [-0.2, -0.15) is 0 Å². The normalized spacial score (nSPS) is 14.1. The Balaban J connectivity index is 0. The zero-order valence-corrected chi connectivity index (χ0v) is 12.8. The third-order valence-corrected chi connectivity index (χ3v) is 2.85. The van der Waals surface area contributed by atoms with Crippen molar-refractivity contribution >= 4 is 17.9 Å². The molecule has 9 N–H and O–H groups in total. The van der Waals surface area contributed by atoms with E-state index in [1.54, 1.807) is 14.0 Å². The number of likely N-dealkylation sites (N-methyl/N-ethyl adjacent to an activating group) is 1. The predicted octanol–water partition coefficient (Wildman–Crippen LogP) is -0.879. The molecule has 2 atom stereocenters. The van der Waals surface area contributed by atoms with E-state index in [0.717, 1.165) is 0 Å². The Labute approximate surface area is 124 Å². The molecular weight excluding hydrogens is 278 g/mol. The molecule has 21 heavy (non-hydrogen) atoms. The number of guanidine groups is 1. The predicted molar refractivity (Wildman–Crippen MR) is 80.2 cm³/mol. The zero-order chi connectivity index (χ0) is 17.1. The van der Waals surface area contributed by atoms with Crippen LogP contribution in [0.5, 0.6) is 0 Å². The number of nitrogens with two attached hydrogens (primary N) is 2. The molecule has 0 aliphatic heterocycles. The molecule has 0 aromatic heterocycles. The van der Waals surface area contributed by atoms with Crippen LogP contribution in [0.15, 0.2) is 0 Å². The number of carboxylic acid groups (broad SMARTS) is 2. The molecule has 124 valence electrons. The second-order valence-electron chi connectivity index (χ2n) is 4.74. The second-order valence-corrected chi connectivity index (χ2v) is 4.74. The lowest BCUT2D eigenvalue weighted by Gasteiger charge is -2.14. The van der Waals surface area contributed by atoms with E-state index in [-0.39, 0.29) is 5.96 Å². The minimum atomic E-state index is -1.04. The lowest BCUT2D eigenvalue weighted by molar-refractivity contribution is -0.143. The maximum absolute atomic E-state index is 10.5. The van der Waals surface area contributed by atoms with Gasteiger partial charge in [0.05, 0.1) is 0 Å². The summed E-state index contributed by atoms with van der Waals surface area (Å²) in [7, 11) is 1.61. The van der Waals surface area contributed by atoms with Gasteiger partial charge >= 0.3 is 11.9 Å². The van der Waals surface area contributed by atoms with Gasteiger partial charge in [-0.05, 0) is 33.2 Å². The summed E-state index contributed by atoms with van der Waals surface area (Å²) in [6, 6.07) is -0.520. The van der Waals surface area contributed by atoms with E-state index >= 15 is 0 Å². The van der Waals surface area contributed by atoms with Crippen LogP contribution >= 0.6 is 0 Å². The highest BCUT2D eigenvalue weighted by Crippen LogP contribution is 2.02. The topological polar surface area (TPSA) is 175 Å². The van der Waals surface area contributed by atoms with Gasteiger partial charge in [0.1, 0.15) is 11.6 Å². The molecule has 0 aliphatic carbocycles. The number of hydrogen-bond acceptors (Lipinski definition) is 5. The fourth-order valence-corrected chi connectivity index (χ4v) is 1.07. The molecular formula is C12H27N5O4. The van der Waals surface area contributed by atoms with Gasteiger partial charge in [-0.25, -0.2) is 0 Å². The van der Waals surface area contributed by atoms with Crippen LogP contribution in [-0.4, -0.2) is 53.3 Å². The summed E-state index contributed by atoms with van der Waals surface area (Å²) in [5, 5.41) is 29.1. The van der Waals surface area contributed by atoms with E-state index < -0.39 is 23.5 Å². The number of carbonyl (C=O) groups is 2. The minimum absolute atomic E-state index is 0.0867. The van der Waals surface area contributed by atoms with E-state index in [0.29, 0.717) is 25.8 Å². The Morgan fingerprint density at radius 2 is 1.90 bits per heavy atom. The first-order valence-electron chi connectivity index (χ1n) is 6.58. The van der Waals surface area contributed by atoms with Crippen LogP contribution in [0.25, 0.3) is 0 Å². The van der Waals surface area contributed by atoms with Crippen LogP contribution < -0.4 is 22.1 Å². The van der Waals surface area contributed by atoms with Gasteiger partial charge in [-0.1, -0.05) is 6.92 Å². The molecule has 0 saturated carbocycles. The monoisotopic (exact) mass is 305 g/mol. The first kappa shape index (κ1) is 21.4. The quantitative estimate of drug-likeness (QED) is 0.172. The number of nitrogens with one attached hydrogen (secondary N) is 3. The van der Waals surface area contributed by atoms with E-state index in [1.165, 1.54) is 6.92 Å². The van der Waals surface area contributed by atoms with Crippen LogP contribution in [-0.2, 0) is 9.59 Å². The van der Waals surface area contributed by atoms with Crippen molar-refractivity contribution in [3.8, 4) is 0 Å². The summed E-state index contributed by atoms with van der Waals surface area (Å²) >= 11 is 0. The summed E-state index contributed by atoms with van der Waals surface area (Å²) in [5.74, 6) is -1.89. The van der Waals surface area contributed by atoms with Crippen LogP contribution in [0.3, 0.4) is 0 Å². The lowest BCUT2D eigenvalue weighted by atomic mass is 10.0. The molecule has 0 aliphatic rings. The molecule has 9 nitrogen and oxygen atoms in total. The van der Waals surface area contributed by atoms with E-state index in [9.17, 15) is 9.59 Å². The highest BCUT2D eigenvalue weighted by Gasteiger charge is 2.24. The average Bonchev–Trinajstić information content (AvgIpc) is 2.38. The number of aliphatic carboxylic acids is 2. The van der Waals surface area contributed by atoms with E-state index in [1.807, 2.05) is 0 Å². The van der Waals surface area contributed by atoms with Gasteiger partial charge < -0.3 is 32.3 Å². The Bertz CT molecular complexity index is 347. The third kappa shape index (κ3) is 11.6. The first-order chi connectivity index (χ1) is 9.58. The van der Waals surface area contributed by atoms with Crippen LogP contribution in [0.1, 0.15) is 33.1 Å². The maximum atomic E-state index is 10.5. The maximum Gasteiger partial charge on any atom is 0.323 e. The van der Waals surface area contributed by atoms with Crippen molar-refractivity contribution in [3.05, 3.63) is 0 Å². The summed E-state index contributed by atoms with van der Waals surface area (Å²) < 4.78 is 0. The van der Waals surface area contributed by atoms with Crippen LogP contribution in [0.2, 0.25) is 0 Å². The smallest absolute Gasteiger partial charge is 0.323 e. The highest BCUT2D eigenvalue weighted by molar-refractivity contribution is 5.77. The average molecular weight is 305 g/mol. The fraction of sp³-hybridized carbons (Fsp3) is 0.750.